The number of aliphatic carboxylic acids is 1. The third kappa shape index (κ3) is 4.99. The van der Waals surface area contributed by atoms with Crippen LogP contribution in [0.1, 0.15) is 85.0 Å². The van der Waals surface area contributed by atoms with E-state index in [9.17, 15) is 20.1 Å². The quantitative estimate of drug-likeness (QED) is 0.564. The molecule has 3 aliphatic carbocycles. The zero-order valence-electron chi connectivity index (χ0n) is 18.5. The first-order chi connectivity index (χ1) is 13.6. The fourth-order valence-corrected chi connectivity index (χ4v) is 7.24. The summed E-state index contributed by atoms with van der Waals surface area (Å²) >= 11 is 0. The lowest BCUT2D eigenvalue weighted by Gasteiger charge is -2.57. The van der Waals surface area contributed by atoms with Crippen LogP contribution in [-0.4, -0.2) is 44.7 Å². The molecule has 168 valence electrons. The highest BCUT2D eigenvalue weighted by Gasteiger charge is 2.55. The van der Waals surface area contributed by atoms with Gasteiger partial charge in [0.15, 0.2) is 0 Å². The number of hydrogen-bond acceptors (Lipinski definition) is 4. The van der Waals surface area contributed by atoms with Crippen LogP contribution in [0.5, 0.6) is 0 Å². The SMILES string of the molecule is CC(CCC(=O)O)[C@H]1CC[C@H](C)[C@@H]2[C@H](O)C[C@@H]3C[C@H](O)CC[C@]3(C)[C@H]2C[C@H](O)C1. The van der Waals surface area contributed by atoms with Crippen LogP contribution in [-0.2, 0) is 4.79 Å². The summed E-state index contributed by atoms with van der Waals surface area (Å²) in [6.45, 7) is 6.74. The van der Waals surface area contributed by atoms with E-state index >= 15 is 0 Å². The van der Waals surface area contributed by atoms with Crippen molar-refractivity contribution in [2.75, 3.05) is 0 Å². The predicted octanol–water partition coefficient (Wildman–Crippen LogP) is 3.84. The summed E-state index contributed by atoms with van der Waals surface area (Å²) < 4.78 is 0. The van der Waals surface area contributed by atoms with Crippen molar-refractivity contribution >= 4 is 5.97 Å². The molecular formula is C24H42O5. The van der Waals surface area contributed by atoms with Gasteiger partial charge in [-0.05, 0) is 92.3 Å². The zero-order valence-corrected chi connectivity index (χ0v) is 18.5. The summed E-state index contributed by atoms with van der Waals surface area (Å²) in [7, 11) is 0. The van der Waals surface area contributed by atoms with E-state index in [1.165, 1.54) is 0 Å². The maximum Gasteiger partial charge on any atom is 0.303 e. The molecular weight excluding hydrogens is 368 g/mol. The van der Waals surface area contributed by atoms with Crippen LogP contribution in [0, 0.1) is 40.9 Å². The van der Waals surface area contributed by atoms with Crippen LogP contribution >= 0.6 is 0 Å². The smallest absolute Gasteiger partial charge is 0.303 e. The summed E-state index contributed by atoms with van der Waals surface area (Å²) in [4.78, 5) is 11.0. The Hall–Kier alpha value is -0.650. The van der Waals surface area contributed by atoms with Gasteiger partial charge in [0.2, 0.25) is 0 Å². The van der Waals surface area contributed by atoms with E-state index in [1.807, 2.05) is 0 Å². The number of rotatable bonds is 4. The maximum absolute atomic E-state index is 11.1. The highest BCUT2D eigenvalue weighted by atomic mass is 16.4. The third-order valence-corrected chi connectivity index (χ3v) is 9.16. The fourth-order valence-electron chi connectivity index (χ4n) is 7.24. The van der Waals surface area contributed by atoms with Crippen molar-refractivity contribution in [3.05, 3.63) is 0 Å². The predicted molar refractivity (Wildman–Crippen MR) is 112 cm³/mol. The van der Waals surface area contributed by atoms with Crippen LogP contribution in [0.2, 0.25) is 0 Å². The minimum Gasteiger partial charge on any atom is -0.481 e. The molecule has 5 heteroatoms. The van der Waals surface area contributed by atoms with Gasteiger partial charge in [-0.2, -0.15) is 0 Å². The van der Waals surface area contributed by atoms with E-state index in [2.05, 4.69) is 20.8 Å². The van der Waals surface area contributed by atoms with Gasteiger partial charge in [-0.3, -0.25) is 4.79 Å². The van der Waals surface area contributed by atoms with Crippen molar-refractivity contribution in [3.63, 3.8) is 0 Å². The highest BCUT2D eigenvalue weighted by molar-refractivity contribution is 5.66. The molecule has 0 saturated heterocycles. The molecule has 0 heterocycles. The molecule has 0 aromatic heterocycles. The fraction of sp³-hybridized carbons (Fsp3) is 0.958. The second-order valence-electron chi connectivity index (χ2n) is 11.0. The van der Waals surface area contributed by atoms with Gasteiger partial charge in [0.05, 0.1) is 18.3 Å². The Morgan fingerprint density at radius 1 is 1.03 bits per heavy atom. The molecule has 29 heavy (non-hydrogen) atoms. The average molecular weight is 411 g/mol. The van der Waals surface area contributed by atoms with Crippen molar-refractivity contribution in [1.82, 2.24) is 0 Å². The normalized spacial score (nSPS) is 47.1. The van der Waals surface area contributed by atoms with Gasteiger partial charge in [0.1, 0.15) is 0 Å². The molecule has 0 spiro atoms. The number of carboxylic acid groups (broad SMARTS) is 1. The molecule has 0 amide bonds. The lowest BCUT2D eigenvalue weighted by Crippen LogP contribution is -2.54. The number of aliphatic hydroxyl groups excluding tert-OH is 3. The van der Waals surface area contributed by atoms with Crippen LogP contribution in [0.3, 0.4) is 0 Å². The molecule has 3 fully saturated rings. The first kappa shape index (κ1) is 23.0. The summed E-state index contributed by atoms with van der Waals surface area (Å²) in [6, 6.07) is 0. The number of aliphatic hydroxyl groups is 3. The number of carbonyl (C=O) groups is 1. The molecule has 0 aromatic carbocycles. The van der Waals surface area contributed by atoms with Gasteiger partial charge in [0, 0.05) is 6.42 Å². The van der Waals surface area contributed by atoms with E-state index in [4.69, 9.17) is 5.11 Å². The van der Waals surface area contributed by atoms with Gasteiger partial charge in [-0.15, -0.1) is 0 Å². The van der Waals surface area contributed by atoms with E-state index in [0.29, 0.717) is 24.2 Å². The molecule has 1 unspecified atom stereocenters. The Kier molecular flexibility index (Phi) is 7.33. The van der Waals surface area contributed by atoms with E-state index in [-0.39, 0.29) is 41.8 Å². The van der Waals surface area contributed by atoms with Crippen LogP contribution in [0.15, 0.2) is 0 Å². The standard InChI is InChI=1S/C24H42O5/c1-14(5-7-22(28)29)16-6-4-15(2)23-20(13-19(26)10-16)24(3)9-8-18(25)11-17(24)12-21(23)27/h14-21,23,25-27H,4-13H2,1-3H3,(H,28,29)/t14?,15-,16-,17-,18+,19+,20-,21+,23-,24-/m0/s1. The topological polar surface area (TPSA) is 98.0 Å². The monoisotopic (exact) mass is 410 g/mol. The summed E-state index contributed by atoms with van der Waals surface area (Å²) in [5.74, 6) is 1.07. The Bertz CT molecular complexity index is 565. The molecule has 5 nitrogen and oxygen atoms in total. The zero-order chi connectivity index (χ0) is 21.3. The molecule has 4 N–H and O–H groups in total. The van der Waals surface area contributed by atoms with Gasteiger partial charge >= 0.3 is 5.97 Å². The number of fused-ring (bicyclic) bond motifs is 3. The van der Waals surface area contributed by atoms with Gasteiger partial charge in [-0.1, -0.05) is 27.2 Å². The van der Waals surface area contributed by atoms with Gasteiger partial charge in [-0.25, -0.2) is 0 Å². The molecule has 0 bridgehead atoms. The molecule has 0 aromatic rings. The average Bonchev–Trinajstić information content (AvgIpc) is 2.70. The van der Waals surface area contributed by atoms with Gasteiger partial charge in [0.25, 0.3) is 0 Å². The van der Waals surface area contributed by atoms with E-state index in [1.54, 1.807) is 0 Å². The third-order valence-electron chi connectivity index (χ3n) is 9.16. The first-order valence-corrected chi connectivity index (χ1v) is 11.9. The summed E-state index contributed by atoms with van der Waals surface area (Å²) in [5.41, 5.74) is 0.0765. The maximum atomic E-state index is 11.1. The first-order valence-electron chi connectivity index (χ1n) is 11.9. The van der Waals surface area contributed by atoms with Crippen molar-refractivity contribution in [1.29, 1.82) is 0 Å². The minimum atomic E-state index is -0.749. The number of carboxylic acids is 1. The molecule has 3 rings (SSSR count). The van der Waals surface area contributed by atoms with Crippen molar-refractivity contribution in [2.24, 2.45) is 40.9 Å². The Balaban J connectivity index is 1.80. The lowest BCUT2D eigenvalue weighted by atomic mass is 9.49. The van der Waals surface area contributed by atoms with Crippen LogP contribution < -0.4 is 0 Å². The largest absolute Gasteiger partial charge is 0.481 e. The molecule has 3 aliphatic rings. The van der Waals surface area contributed by atoms with Crippen molar-refractivity contribution in [3.8, 4) is 0 Å². The molecule has 3 saturated carbocycles. The second kappa shape index (κ2) is 9.23. The Morgan fingerprint density at radius 2 is 1.76 bits per heavy atom. The summed E-state index contributed by atoms with van der Waals surface area (Å²) in [6.07, 6.45) is 6.66. The van der Waals surface area contributed by atoms with E-state index in [0.717, 1.165) is 51.4 Å². The van der Waals surface area contributed by atoms with Gasteiger partial charge < -0.3 is 20.4 Å². The van der Waals surface area contributed by atoms with Crippen molar-refractivity contribution < 1.29 is 25.2 Å². The molecule has 0 radical (unpaired) electrons. The minimum absolute atomic E-state index is 0.0765. The van der Waals surface area contributed by atoms with Crippen molar-refractivity contribution in [2.45, 2.75) is 103 Å². The number of hydrogen-bond donors (Lipinski definition) is 4. The molecule has 0 aliphatic heterocycles. The van der Waals surface area contributed by atoms with E-state index < -0.39 is 12.1 Å². The Labute approximate surface area is 175 Å². The second-order valence-corrected chi connectivity index (χ2v) is 11.0. The molecule has 10 atom stereocenters. The van der Waals surface area contributed by atoms with Crippen LogP contribution in [0.4, 0.5) is 0 Å². The summed E-state index contributed by atoms with van der Waals surface area (Å²) in [5, 5.41) is 41.4. The Morgan fingerprint density at radius 3 is 2.45 bits per heavy atom. The highest BCUT2D eigenvalue weighted by Crippen LogP contribution is 2.59. The lowest BCUT2D eigenvalue weighted by molar-refractivity contribution is -0.143. The van der Waals surface area contributed by atoms with Crippen LogP contribution in [0.25, 0.3) is 0 Å².